The number of benzene rings is 2. The normalized spacial score (nSPS) is 10.2. The Morgan fingerprint density at radius 2 is 1.11 bits per heavy atom. The molecule has 4 aromatic rings. The van der Waals surface area contributed by atoms with Crippen LogP contribution in [0.1, 0.15) is 0 Å². The highest BCUT2D eigenvalue weighted by Gasteiger charge is 1.93. The molecule has 2 heterocycles. The molecule has 0 unspecified atom stereocenters. The Morgan fingerprint density at radius 1 is 0.667 bits per heavy atom. The zero-order valence-electron chi connectivity index (χ0n) is 9.22. The molecule has 0 spiro atoms. The first kappa shape index (κ1) is 10.8. The molecule has 0 saturated carbocycles. The van der Waals surface area contributed by atoms with Crippen molar-refractivity contribution >= 4 is 33.8 Å². The van der Waals surface area contributed by atoms with E-state index in [1.165, 1.54) is 11.7 Å². The van der Waals surface area contributed by atoms with Gasteiger partial charge in [0, 0.05) is 0 Å². The van der Waals surface area contributed by atoms with Crippen LogP contribution >= 0.6 is 11.7 Å². The van der Waals surface area contributed by atoms with Crippen molar-refractivity contribution < 1.29 is 4.63 Å². The molecule has 0 atom stereocenters. The van der Waals surface area contributed by atoms with E-state index >= 15 is 0 Å². The van der Waals surface area contributed by atoms with Gasteiger partial charge >= 0.3 is 0 Å². The number of nitrogens with zero attached hydrogens (tertiary/aromatic N) is 4. The molecule has 88 valence electrons. The van der Waals surface area contributed by atoms with Gasteiger partial charge in [0.1, 0.15) is 22.1 Å². The molecule has 2 aromatic heterocycles. The van der Waals surface area contributed by atoms with Gasteiger partial charge in [-0.1, -0.05) is 24.3 Å². The van der Waals surface area contributed by atoms with Gasteiger partial charge < -0.3 is 0 Å². The summed E-state index contributed by atoms with van der Waals surface area (Å²) in [6.45, 7) is 0. The molecule has 0 aliphatic rings. The summed E-state index contributed by atoms with van der Waals surface area (Å²) < 4.78 is 12.6. The Hall–Kier alpha value is -2.34. The van der Waals surface area contributed by atoms with Crippen molar-refractivity contribution in [3.63, 3.8) is 0 Å². The van der Waals surface area contributed by atoms with Gasteiger partial charge in [-0.05, 0) is 34.6 Å². The Morgan fingerprint density at radius 3 is 1.61 bits per heavy atom. The summed E-state index contributed by atoms with van der Waals surface area (Å²) in [4.78, 5) is 0. The van der Waals surface area contributed by atoms with E-state index in [0.29, 0.717) is 0 Å². The summed E-state index contributed by atoms with van der Waals surface area (Å²) in [5.74, 6) is 0. The third-order valence-corrected chi connectivity index (χ3v) is 2.88. The molecular formula is C12H8N4OS. The molecule has 18 heavy (non-hydrogen) atoms. The van der Waals surface area contributed by atoms with Crippen LogP contribution in [-0.4, -0.2) is 19.1 Å². The lowest BCUT2D eigenvalue weighted by Gasteiger charge is -1.78. The van der Waals surface area contributed by atoms with Gasteiger partial charge in [-0.3, -0.25) is 0 Å². The van der Waals surface area contributed by atoms with Crippen LogP contribution in [0.4, 0.5) is 0 Å². The van der Waals surface area contributed by atoms with E-state index in [1.807, 2.05) is 48.5 Å². The van der Waals surface area contributed by atoms with E-state index in [-0.39, 0.29) is 0 Å². The molecule has 0 aliphatic carbocycles. The molecule has 4 rings (SSSR count). The van der Waals surface area contributed by atoms with Gasteiger partial charge in [-0.2, -0.15) is 8.75 Å². The largest absolute Gasteiger partial charge is 0.243 e. The zero-order chi connectivity index (χ0) is 12.2. The first-order valence-electron chi connectivity index (χ1n) is 5.28. The lowest BCUT2D eigenvalue weighted by atomic mass is 10.3. The summed E-state index contributed by atoms with van der Waals surface area (Å²) in [7, 11) is 0. The second-order valence-electron chi connectivity index (χ2n) is 3.51. The van der Waals surface area contributed by atoms with Crippen LogP contribution < -0.4 is 0 Å². The molecule has 2 aromatic carbocycles. The minimum Gasteiger partial charge on any atom is -0.243 e. The van der Waals surface area contributed by atoms with Crippen molar-refractivity contribution in [2.45, 2.75) is 0 Å². The van der Waals surface area contributed by atoms with Crippen LogP contribution in [0.3, 0.4) is 0 Å². The average Bonchev–Trinajstić information content (AvgIpc) is 3.08. The smallest absolute Gasteiger partial charge is 0.135 e. The van der Waals surface area contributed by atoms with E-state index < -0.39 is 0 Å². The lowest BCUT2D eigenvalue weighted by molar-refractivity contribution is 0.315. The fourth-order valence-electron chi connectivity index (χ4n) is 1.45. The van der Waals surface area contributed by atoms with E-state index in [4.69, 9.17) is 0 Å². The molecular weight excluding hydrogens is 248 g/mol. The molecule has 0 fully saturated rings. The molecule has 5 nitrogen and oxygen atoms in total. The highest BCUT2D eigenvalue weighted by Crippen LogP contribution is 2.08. The van der Waals surface area contributed by atoms with Gasteiger partial charge in [0.2, 0.25) is 0 Å². The van der Waals surface area contributed by atoms with Crippen LogP contribution in [0.2, 0.25) is 0 Å². The van der Waals surface area contributed by atoms with E-state index in [9.17, 15) is 0 Å². The predicted molar refractivity (Wildman–Crippen MR) is 69.2 cm³/mol. The van der Waals surface area contributed by atoms with Crippen molar-refractivity contribution in [2.24, 2.45) is 0 Å². The van der Waals surface area contributed by atoms with Crippen molar-refractivity contribution in [2.75, 3.05) is 0 Å². The molecule has 6 heteroatoms. The summed E-state index contributed by atoms with van der Waals surface area (Å²) in [5.41, 5.74) is 3.58. The quantitative estimate of drug-likeness (QED) is 0.484. The first-order valence-corrected chi connectivity index (χ1v) is 6.01. The van der Waals surface area contributed by atoms with Crippen molar-refractivity contribution in [3.05, 3.63) is 48.5 Å². The highest BCUT2D eigenvalue weighted by molar-refractivity contribution is 7.00. The SMILES string of the molecule is c1ccc2nonc2c1.c1ccc2nsnc2c1. The van der Waals surface area contributed by atoms with E-state index in [2.05, 4.69) is 23.7 Å². The third-order valence-electron chi connectivity index (χ3n) is 2.32. The molecule has 0 bridgehead atoms. The average molecular weight is 256 g/mol. The van der Waals surface area contributed by atoms with Crippen LogP contribution in [-0.2, 0) is 0 Å². The van der Waals surface area contributed by atoms with Crippen LogP contribution in [0.25, 0.3) is 22.1 Å². The van der Waals surface area contributed by atoms with Gasteiger partial charge in [0.05, 0.1) is 11.7 Å². The Bertz CT molecular complexity index is 638. The highest BCUT2D eigenvalue weighted by atomic mass is 32.1. The summed E-state index contributed by atoms with van der Waals surface area (Å²) in [5, 5.41) is 7.27. The molecule has 0 radical (unpaired) electrons. The number of aromatic nitrogens is 4. The Balaban J connectivity index is 0.000000111. The van der Waals surface area contributed by atoms with Crippen LogP contribution in [0.5, 0.6) is 0 Å². The molecule has 0 saturated heterocycles. The number of hydrogen-bond donors (Lipinski definition) is 0. The second kappa shape index (κ2) is 4.89. The Kier molecular flexibility index (Phi) is 2.93. The van der Waals surface area contributed by atoms with Gasteiger partial charge in [-0.15, -0.1) is 0 Å². The van der Waals surface area contributed by atoms with Gasteiger partial charge in [-0.25, -0.2) is 4.63 Å². The number of hydrogen-bond acceptors (Lipinski definition) is 6. The fourth-order valence-corrected chi connectivity index (χ4v) is 1.98. The topological polar surface area (TPSA) is 64.7 Å². The first-order chi connectivity index (χ1) is 8.93. The standard InChI is InChI=1S/C6H4N2O.C6H4N2S/c2*1-2-4-6-5(3-1)7-9-8-6/h2*1-4H. The van der Waals surface area contributed by atoms with Crippen molar-refractivity contribution in [3.8, 4) is 0 Å². The van der Waals surface area contributed by atoms with Crippen LogP contribution in [0, 0.1) is 0 Å². The second-order valence-corrected chi connectivity index (χ2v) is 4.03. The third kappa shape index (κ3) is 2.18. The lowest BCUT2D eigenvalue weighted by Crippen LogP contribution is -1.63. The summed E-state index contributed by atoms with van der Waals surface area (Å²) in [6, 6.07) is 15.3. The fraction of sp³-hybridized carbons (Fsp3) is 0. The predicted octanol–water partition coefficient (Wildman–Crippen LogP) is 2.91. The minimum absolute atomic E-state index is 0.803. The Labute approximate surface area is 106 Å². The molecule has 0 amide bonds. The van der Waals surface area contributed by atoms with Crippen molar-refractivity contribution in [1.82, 2.24) is 19.1 Å². The maximum Gasteiger partial charge on any atom is 0.135 e. The maximum absolute atomic E-state index is 4.46. The monoisotopic (exact) mass is 256 g/mol. The molecule has 0 N–H and O–H groups in total. The minimum atomic E-state index is 0.803. The van der Waals surface area contributed by atoms with E-state index in [0.717, 1.165) is 22.1 Å². The van der Waals surface area contributed by atoms with Crippen LogP contribution in [0.15, 0.2) is 53.2 Å². The summed E-state index contributed by atoms with van der Waals surface area (Å²) in [6.07, 6.45) is 0. The summed E-state index contributed by atoms with van der Waals surface area (Å²) >= 11 is 1.25. The zero-order valence-corrected chi connectivity index (χ0v) is 10.0. The molecule has 0 aliphatic heterocycles. The van der Waals surface area contributed by atoms with E-state index in [1.54, 1.807) is 0 Å². The van der Waals surface area contributed by atoms with Crippen molar-refractivity contribution in [1.29, 1.82) is 0 Å². The number of rotatable bonds is 0. The maximum atomic E-state index is 4.46. The van der Waals surface area contributed by atoms with Gasteiger partial charge in [0.25, 0.3) is 0 Å². The van der Waals surface area contributed by atoms with Gasteiger partial charge in [0.15, 0.2) is 0 Å². The number of fused-ring (bicyclic) bond motifs is 2.